The number of sulfonamides is 1. The summed E-state index contributed by atoms with van der Waals surface area (Å²) in [5.74, 6) is 0.391. The van der Waals surface area contributed by atoms with Gasteiger partial charge in [-0.05, 0) is 87.7 Å². The van der Waals surface area contributed by atoms with Crippen LogP contribution in [0.5, 0.6) is 11.5 Å². The van der Waals surface area contributed by atoms with E-state index >= 15 is 0 Å². The molecular formula is C36H41N3O5S. The number of nitrogens with one attached hydrogen (secondary N) is 1. The fourth-order valence-electron chi connectivity index (χ4n) is 4.90. The molecule has 0 bridgehead atoms. The number of carbonyl (C=O) groups is 2. The molecule has 8 nitrogen and oxygen atoms in total. The highest BCUT2D eigenvalue weighted by Crippen LogP contribution is 2.28. The molecule has 4 aromatic rings. The molecule has 0 saturated heterocycles. The van der Waals surface area contributed by atoms with Gasteiger partial charge in [0.2, 0.25) is 11.8 Å². The Labute approximate surface area is 266 Å². The van der Waals surface area contributed by atoms with Crippen LogP contribution in [0.15, 0.2) is 120 Å². The van der Waals surface area contributed by atoms with Crippen LogP contribution in [0.4, 0.5) is 5.69 Å². The fourth-order valence-corrected chi connectivity index (χ4v) is 6.34. The number of amides is 2. The summed E-state index contributed by atoms with van der Waals surface area (Å²) in [5.41, 5.74) is 0.789. The highest BCUT2D eigenvalue weighted by Gasteiger charge is 2.34. The quantitative estimate of drug-likeness (QED) is 0.184. The Hall–Kier alpha value is -4.63. The first-order valence-electron chi connectivity index (χ1n) is 15.0. The molecule has 0 aliphatic heterocycles. The lowest BCUT2D eigenvalue weighted by Gasteiger charge is -2.34. The summed E-state index contributed by atoms with van der Waals surface area (Å²) in [5, 5.41) is 2.99. The number of ether oxygens (including phenoxy) is 1. The highest BCUT2D eigenvalue weighted by atomic mass is 32.2. The second-order valence-electron chi connectivity index (χ2n) is 11.7. The molecule has 0 saturated carbocycles. The Bertz CT molecular complexity index is 1640. The van der Waals surface area contributed by atoms with Crippen molar-refractivity contribution < 1.29 is 22.7 Å². The molecule has 4 rings (SSSR count). The van der Waals surface area contributed by atoms with Crippen molar-refractivity contribution in [3.63, 3.8) is 0 Å². The summed E-state index contributed by atoms with van der Waals surface area (Å²) < 4.78 is 35.1. The molecule has 4 aromatic carbocycles. The highest BCUT2D eigenvalue weighted by molar-refractivity contribution is 7.92. The SMILES string of the molecule is CC[C@@H](C(=O)NC(C)(C)C)N(CCc1ccccc1)C(=O)CN(c1ccc(Oc2ccccc2)cc1)S(=O)(=O)c1ccccc1. The van der Waals surface area contributed by atoms with Crippen LogP contribution in [0.3, 0.4) is 0 Å². The van der Waals surface area contributed by atoms with Crippen molar-refractivity contribution in [2.75, 3.05) is 17.4 Å². The third-order valence-corrected chi connectivity index (χ3v) is 8.87. The topological polar surface area (TPSA) is 96.0 Å². The van der Waals surface area contributed by atoms with Gasteiger partial charge >= 0.3 is 0 Å². The van der Waals surface area contributed by atoms with E-state index in [9.17, 15) is 18.0 Å². The molecule has 1 atom stereocenters. The lowest BCUT2D eigenvalue weighted by atomic mass is 10.1. The number of benzene rings is 4. The second kappa shape index (κ2) is 14.9. The summed E-state index contributed by atoms with van der Waals surface area (Å²) in [6.45, 7) is 7.24. The van der Waals surface area contributed by atoms with Crippen molar-refractivity contribution in [2.24, 2.45) is 0 Å². The molecule has 0 aliphatic carbocycles. The van der Waals surface area contributed by atoms with E-state index in [1.807, 2.05) is 88.4 Å². The van der Waals surface area contributed by atoms with Crippen LogP contribution in [0.1, 0.15) is 39.7 Å². The number of hydrogen-bond acceptors (Lipinski definition) is 5. The Morgan fingerprint density at radius 3 is 1.87 bits per heavy atom. The normalized spacial score (nSPS) is 12.2. The maximum absolute atomic E-state index is 14.2. The van der Waals surface area contributed by atoms with Gasteiger partial charge in [-0.2, -0.15) is 0 Å². The van der Waals surface area contributed by atoms with Crippen LogP contribution in [0.25, 0.3) is 0 Å². The minimum Gasteiger partial charge on any atom is -0.457 e. The van der Waals surface area contributed by atoms with Gasteiger partial charge in [0.1, 0.15) is 24.1 Å². The van der Waals surface area contributed by atoms with E-state index in [1.165, 1.54) is 17.0 Å². The minimum atomic E-state index is -4.16. The molecule has 0 aliphatic rings. The van der Waals surface area contributed by atoms with E-state index in [-0.39, 0.29) is 17.3 Å². The summed E-state index contributed by atoms with van der Waals surface area (Å²) in [6, 6.07) is 32.7. The van der Waals surface area contributed by atoms with Gasteiger partial charge < -0.3 is 15.0 Å². The first-order valence-corrected chi connectivity index (χ1v) is 16.5. The smallest absolute Gasteiger partial charge is 0.264 e. The Morgan fingerprint density at radius 2 is 1.31 bits per heavy atom. The fraction of sp³-hybridized carbons (Fsp3) is 0.278. The van der Waals surface area contributed by atoms with Crippen molar-refractivity contribution in [3.8, 4) is 11.5 Å². The van der Waals surface area contributed by atoms with Crippen molar-refractivity contribution in [3.05, 3.63) is 121 Å². The lowest BCUT2D eigenvalue weighted by molar-refractivity contribution is -0.140. The lowest BCUT2D eigenvalue weighted by Crippen LogP contribution is -2.56. The molecule has 0 fully saturated rings. The zero-order chi connectivity index (χ0) is 32.5. The number of anilines is 1. The molecule has 45 heavy (non-hydrogen) atoms. The van der Waals surface area contributed by atoms with Crippen molar-refractivity contribution >= 4 is 27.5 Å². The van der Waals surface area contributed by atoms with Crippen LogP contribution in [-0.4, -0.2) is 49.8 Å². The first-order chi connectivity index (χ1) is 21.5. The van der Waals surface area contributed by atoms with Crippen molar-refractivity contribution in [1.82, 2.24) is 10.2 Å². The van der Waals surface area contributed by atoms with Gasteiger partial charge in [-0.1, -0.05) is 73.7 Å². The molecule has 2 amide bonds. The third-order valence-electron chi connectivity index (χ3n) is 7.08. The van der Waals surface area contributed by atoms with E-state index in [4.69, 9.17) is 4.74 Å². The summed E-state index contributed by atoms with van der Waals surface area (Å²) >= 11 is 0. The minimum absolute atomic E-state index is 0.0516. The van der Waals surface area contributed by atoms with Crippen molar-refractivity contribution in [2.45, 2.75) is 57.0 Å². The summed E-state index contributed by atoms with van der Waals surface area (Å²) in [6.07, 6.45) is 0.863. The zero-order valence-electron chi connectivity index (χ0n) is 26.2. The summed E-state index contributed by atoms with van der Waals surface area (Å²) in [4.78, 5) is 29.2. The predicted octanol–water partition coefficient (Wildman–Crippen LogP) is 6.44. The van der Waals surface area contributed by atoms with Gasteiger partial charge in [0.05, 0.1) is 10.6 Å². The van der Waals surface area contributed by atoms with Gasteiger partial charge in [0.25, 0.3) is 10.0 Å². The van der Waals surface area contributed by atoms with Gasteiger partial charge in [-0.25, -0.2) is 8.42 Å². The Morgan fingerprint density at radius 1 is 0.778 bits per heavy atom. The largest absolute Gasteiger partial charge is 0.457 e. The third kappa shape index (κ3) is 9.18. The van der Waals surface area contributed by atoms with Gasteiger partial charge in [-0.15, -0.1) is 0 Å². The molecular weight excluding hydrogens is 586 g/mol. The van der Waals surface area contributed by atoms with Gasteiger partial charge in [0.15, 0.2) is 0 Å². The number of para-hydroxylation sites is 1. The second-order valence-corrected chi connectivity index (χ2v) is 13.6. The first kappa shape index (κ1) is 33.3. The standard InChI is InChI=1S/C36H41N3O5S/c1-5-33(35(41)37-36(2,3)4)38(26-25-28-15-9-6-10-16-28)34(40)27-39(45(42,43)32-19-13-8-14-20-32)29-21-23-31(24-22-29)44-30-17-11-7-12-18-30/h6-24,33H,5,25-27H2,1-4H3,(H,37,41)/t33-/m0/s1. The molecule has 1 N–H and O–H groups in total. The van der Waals surface area contributed by atoms with Gasteiger partial charge in [0, 0.05) is 12.1 Å². The van der Waals surface area contributed by atoms with Crippen LogP contribution in [0, 0.1) is 0 Å². The Kier molecular flexibility index (Phi) is 11.0. The van der Waals surface area contributed by atoms with Crippen LogP contribution in [-0.2, 0) is 26.0 Å². The monoisotopic (exact) mass is 627 g/mol. The Balaban J connectivity index is 1.69. The maximum Gasteiger partial charge on any atom is 0.264 e. The number of hydrogen-bond donors (Lipinski definition) is 1. The number of carbonyl (C=O) groups excluding carboxylic acids is 2. The average molecular weight is 628 g/mol. The van der Waals surface area contributed by atoms with Crippen molar-refractivity contribution in [1.29, 1.82) is 0 Å². The molecule has 0 spiro atoms. The number of nitrogens with zero attached hydrogens (tertiary/aromatic N) is 2. The van der Waals surface area contributed by atoms with Crippen LogP contribution in [0.2, 0.25) is 0 Å². The predicted molar refractivity (Wildman–Crippen MR) is 178 cm³/mol. The molecule has 236 valence electrons. The van der Waals surface area contributed by atoms with E-state index in [0.29, 0.717) is 30.0 Å². The zero-order valence-corrected chi connectivity index (χ0v) is 27.0. The maximum atomic E-state index is 14.2. The molecule has 0 radical (unpaired) electrons. The molecule has 0 heterocycles. The number of rotatable bonds is 13. The molecule has 0 aromatic heterocycles. The molecule has 0 unspecified atom stereocenters. The van der Waals surface area contributed by atoms with E-state index in [2.05, 4.69) is 5.32 Å². The van der Waals surface area contributed by atoms with E-state index < -0.39 is 34.1 Å². The average Bonchev–Trinajstić information content (AvgIpc) is 3.02. The van der Waals surface area contributed by atoms with Gasteiger partial charge in [-0.3, -0.25) is 13.9 Å². The van der Waals surface area contributed by atoms with Crippen LogP contribution < -0.4 is 14.4 Å². The summed E-state index contributed by atoms with van der Waals surface area (Å²) in [7, 11) is -4.16. The molecule has 9 heteroatoms. The van der Waals surface area contributed by atoms with E-state index in [1.54, 1.807) is 42.5 Å². The van der Waals surface area contributed by atoms with Crippen LogP contribution >= 0.6 is 0 Å². The van der Waals surface area contributed by atoms with E-state index in [0.717, 1.165) is 9.87 Å².